The summed E-state index contributed by atoms with van der Waals surface area (Å²) >= 11 is 0. The first-order valence-corrected chi connectivity index (χ1v) is 5.94. The normalized spacial score (nSPS) is 22.1. The molecule has 0 amide bonds. The van der Waals surface area contributed by atoms with E-state index in [4.69, 9.17) is 5.11 Å². The zero-order valence-electron chi connectivity index (χ0n) is 10.4. The molecule has 1 aliphatic carbocycles. The van der Waals surface area contributed by atoms with Gasteiger partial charge in [0, 0.05) is 25.8 Å². The molecule has 2 unspecified atom stereocenters. The number of hydrogen-bond donors (Lipinski definition) is 1. The summed E-state index contributed by atoms with van der Waals surface area (Å²) in [4.78, 5) is 17.2. The van der Waals surface area contributed by atoms with Gasteiger partial charge in [0.15, 0.2) is 0 Å². The Hall–Kier alpha value is -2.04. The minimum absolute atomic E-state index is 0.115. The third-order valence-electron chi connectivity index (χ3n) is 3.69. The molecule has 5 nitrogen and oxygen atoms in total. The lowest BCUT2D eigenvalue weighted by molar-refractivity contribution is -0.138. The van der Waals surface area contributed by atoms with Crippen molar-refractivity contribution >= 4 is 22.7 Å². The predicted octanol–water partition coefficient (Wildman–Crippen LogP) is 1.48. The van der Waals surface area contributed by atoms with Gasteiger partial charge in [0.2, 0.25) is 0 Å². The Morgan fingerprint density at radius 3 is 3.00 bits per heavy atom. The second-order valence-electron chi connectivity index (χ2n) is 4.89. The van der Waals surface area contributed by atoms with Gasteiger partial charge in [0.25, 0.3) is 0 Å². The first-order chi connectivity index (χ1) is 8.58. The summed E-state index contributed by atoms with van der Waals surface area (Å²) in [5.74, 6) is -0.930. The van der Waals surface area contributed by atoms with Crippen LogP contribution in [0.15, 0.2) is 24.5 Å². The number of rotatable bonds is 3. The number of imidazole rings is 1. The molecule has 2 aromatic rings. The zero-order chi connectivity index (χ0) is 12.9. The predicted molar refractivity (Wildman–Crippen MR) is 68.6 cm³/mol. The molecule has 0 aliphatic heterocycles. The average Bonchev–Trinajstić information content (AvgIpc) is 3.08. The van der Waals surface area contributed by atoms with Crippen LogP contribution in [0.3, 0.4) is 0 Å². The van der Waals surface area contributed by atoms with Crippen LogP contribution in [0, 0.1) is 5.92 Å². The van der Waals surface area contributed by atoms with Crippen LogP contribution in [0.25, 0.3) is 11.0 Å². The Morgan fingerprint density at radius 2 is 2.33 bits per heavy atom. The van der Waals surface area contributed by atoms with E-state index in [0.29, 0.717) is 0 Å². The van der Waals surface area contributed by atoms with Gasteiger partial charge in [-0.25, -0.2) is 4.98 Å². The molecule has 5 heteroatoms. The molecule has 2 atom stereocenters. The number of carbonyl (C=O) groups is 1. The van der Waals surface area contributed by atoms with Crippen molar-refractivity contribution in [2.24, 2.45) is 13.0 Å². The van der Waals surface area contributed by atoms with Gasteiger partial charge in [-0.05, 0) is 24.6 Å². The van der Waals surface area contributed by atoms with Crippen LogP contribution in [0.4, 0.5) is 5.69 Å². The molecule has 1 aromatic heterocycles. The number of carboxylic acid groups (broad SMARTS) is 1. The van der Waals surface area contributed by atoms with E-state index in [9.17, 15) is 4.79 Å². The van der Waals surface area contributed by atoms with E-state index >= 15 is 0 Å². The van der Waals surface area contributed by atoms with Crippen molar-refractivity contribution in [3.05, 3.63) is 24.5 Å². The topological polar surface area (TPSA) is 58.4 Å². The molecule has 94 valence electrons. The van der Waals surface area contributed by atoms with Gasteiger partial charge >= 0.3 is 5.97 Å². The number of nitrogens with zero attached hydrogens (tertiary/aromatic N) is 3. The van der Waals surface area contributed by atoms with Crippen molar-refractivity contribution in [1.29, 1.82) is 0 Å². The lowest BCUT2D eigenvalue weighted by Crippen LogP contribution is -2.23. The number of anilines is 1. The number of hydrogen-bond acceptors (Lipinski definition) is 3. The Morgan fingerprint density at radius 1 is 1.56 bits per heavy atom. The van der Waals surface area contributed by atoms with Crippen LogP contribution in [-0.4, -0.2) is 33.7 Å². The summed E-state index contributed by atoms with van der Waals surface area (Å²) in [5.41, 5.74) is 3.04. The highest BCUT2D eigenvalue weighted by Gasteiger charge is 2.46. The van der Waals surface area contributed by atoms with Crippen molar-refractivity contribution in [1.82, 2.24) is 9.55 Å². The summed E-state index contributed by atoms with van der Waals surface area (Å²) in [6, 6.07) is 6.16. The van der Waals surface area contributed by atoms with Gasteiger partial charge in [-0.1, -0.05) is 0 Å². The molecule has 3 rings (SSSR count). The summed E-state index contributed by atoms with van der Waals surface area (Å²) in [5, 5.41) is 8.95. The smallest absolute Gasteiger partial charge is 0.308 e. The van der Waals surface area contributed by atoms with Crippen LogP contribution >= 0.6 is 0 Å². The van der Waals surface area contributed by atoms with E-state index in [1.54, 1.807) is 6.33 Å². The lowest BCUT2D eigenvalue weighted by Gasteiger charge is -2.19. The van der Waals surface area contributed by atoms with E-state index in [-0.39, 0.29) is 12.0 Å². The molecule has 18 heavy (non-hydrogen) atoms. The Kier molecular flexibility index (Phi) is 2.29. The van der Waals surface area contributed by atoms with Crippen molar-refractivity contribution < 1.29 is 9.90 Å². The van der Waals surface area contributed by atoms with Crippen molar-refractivity contribution in [3.8, 4) is 0 Å². The van der Waals surface area contributed by atoms with E-state index < -0.39 is 5.97 Å². The number of carboxylic acids is 1. The number of benzene rings is 1. The number of aliphatic carboxylic acids is 1. The van der Waals surface area contributed by atoms with Crippen LogP contribution in [0.1, 0.15) is 6.42 Å². The summed E-state index contributed by atoms with van der Waals surface area (Å²) < 4.78 is 1.97. The number of aryl methyl sites for hydroxylation is 1. The maximum atomic E-state index is 10.9. The van der Waals surface area contributed by atoms with Gasteiger partial charge < -0.3 is 14.6 Å². The van der Waals surface area contributed by atoms with E-state index in [1.165, 1.54) is 0 Å². The quantitative estimate of drug-likeness (QED) is 0.890. The standard InChI is InChI=1S/C13H15N3O2/c1-15-7-14-10-5-8(3-4-11(10)15)16(2)12-6-9(12)13(17)18/h3-5,7,9,12H,6H2,1-2H3,(H,17,18). The second-order valence-corrected chi connectivity index (χ2v) is 4.89. The molecule has 1 N–H and O–H groups in total. The van der Waals surface area contributed by atoms with Gasteiger partial charge in [-0.2, -0.15) is 0 Å². The van der Waals surface area contributed by atoms with Gasteiger partial charge in [0.1, 0.15) is 0 Å². The average molecular weight is 245 g/mol. The van der Waals surface area contributed by atoms with E-state index in [0.717, 1.165) is 23.1 Å². The summed E-state index contributed by atoms with van der Waals surface area (Å²) in [7, 11) is 3.90. The molecule has 1 fully saturated rings. The lowest BCUT2D eigenvalue weighted by atomic mass is 10.2. The molecule has 0 spiro atoms. The van der Waals surface area contributed by atoms with Gasteiger partial charge in [-0.3, -0.25) is 4.79 Å². The molecule has 1 heterocycles. The molecule has 0 saturated heterocycles. The summed E-state index contributed by atoms with van der Waals surface area (Å²) in [6.45, 7) is 0. The first-order valence-electron chi connectivity index (χ1n) is 5.94. The fraction of sp³-hybridized carbons (Fsp3) is 0.385. The Labute approximate surface area is 105 Å². The maximum Gasteiger partial charge on any atom is 0.308 e. The fourth-order valence-corrected chi connectivity index (χ4v) is 2.41. The largest absolute Gasteiger partial charge is 0.481 e. The van der Waals surface area contributed by atoms with Gasteiger partial charge in [0.05, 0.1) is 23.3 Å². The molecule has 1 saturated carbocycles. The monoisotopic (exact) mass is 245 g/mol. The number of aromatic nitrogens is 2. The Balaban J connectivity index is 1.88. The summed E-state index contributed by atoms with van der Waals surface area (Å²) in [6.07, 6.45) is 2.51. The highest BCUT2D eigenvalue weighted by Crippen LogP contribution is 2.38. The minimum atomic E-state index is -0.703. The van der Waals surface area contributed by atoms with Crippen LogP contribution in [-0.2, 0) is 11.8 Å². The van der Waals surface area contributed by atoms with Gasteiger partial charge in [-0.15, -0.1) is 0 Å². The number of fused-ring (bicyclic) bond motifs is 1. The van der Waals surface area contributed by atoms with E-state index in [1.807, 2.05) is 41.8 Å². The van der Waals surface area contributed by atoms with Crippen LogP contribution in [0.2, 0.25) is 0 Å². The molecule has 0 radical (unpaired) electrons. The molecule has 1 aromatic carbocycles. The zero-order valence-corrected chi connectivity index (χ0v) is 10.4. The third-order valence-corrected chi connectivity index (χ3v) is 3.69. The third kappa shape index (κ3) is 1.63. The molecule has 0 bridgehead atoms. The van der Waals surface area contributed by atoms with Crippen molar-refractivity contribution in [3.63, 3.8) is 0 Å². The van der Waals surface area contributed by atoms with Crippen molar-refractivity contribution in [2.45, 2.75) is 12.5 Å². The molecular formula is C13H15N3O2. The SMILES string of the molecule is CN(c1ccc2c(c1)ncn2C)C1CC1C(=O)O. The second kappa shape index (κ2) is 3.73. The van der Waals surface area contributed by atoms with Crippen LogP contribution in [0.5, 0.6) is 0 Å². The maximum absolute atomic E-state index is 10.9. The highest BCUT2D eigenvalue weighted by molar-refractivity contribution is 5.81. The van der Waals surface area contributed by atoms with Crippen LogP contribution < -0.4 is 4.90 Å². The van der Waals surface area contributed by atoms with E-state index in [2.05, 4.69) is 4.98 Å². The van der Waals surface area contributed by atoms with Crippen molar-refractivity contribution in [2.75, 3.05) is 11.9 Å². The Bertz CT molecular complexity index is 620. The molecular weight excluding hydrogens is 230 g/mol. The minimum Gasteiger partial charge on any atom is -0.481 e. The first kappa shape index (κ1) is 11.1. The fourth-order valence-electron chi connectivity index (χ4n) is 2.41. The molecule has 1 aliphatic rings. The highest BCUT2D eigenvalue weighted by atomic mass is 16.4.